The molecule has 0 spiro atoms. The molecule has 0 aromatic heterocycles. The van der Waals surface area contributed by atoms with E-state index in [-0.39, 0.29) is 0 Å². The average Bonchev–Trinajstić information content (AvgIpc) is 2.93. The van der Waals surface area contributed by atoms with Crippen LogP contribution in [0.15, 0.2) is 112 Å². The molecule has 44 heavy (non-hydrogen) atoms. The lowest BCUT2D eigenvalue weighted by atomic mass is 10.0. The van der Waals surface area contributed by atoms with Crippen LogP contribution in [0.5, 0.6) is 0 Å². The largest absolute Gasteiger partial charge is 0.257 e. The van der Waals surface area contributed by atoms with E-state index in [4.69, 9.17) is 0 Å². The fourth-order valence-electron chi connectivity index (χ4n) is 4.15. The second kappa shape index (κ2) is 16.3. The highest BCUT2D eigenvalue weighted by atomic mass is 32.1. The summed E-state index contributed by atoms with van der Waals surface area (Å²) in [5.41, 5.74) is 12.0. The Balaban J connectivity index is 0.000000240. The summed E-state index contributed by atoms with van der Waals surface area (Å²) >= 11 is 18.1. The van der Waals surface area contributed by atoms with Gasteiger partial charge in [0.2, 0.25) is 0 Å². The number of nitrogens with zero attached hydrogens (tertiary/aromatic N) is 4. The number of thiol groups is 4. The molecule has 0 heterocycles. The van der Waals surface area contributed by atoms with E-state index in [1.807, 2.05) is 110 Å². The van der Waals surface area contributed by atoms with Gasteiger partial charge in [-0.2, -0.15) is 0 Å². The molecule has 0 radical (unpaired) electrons. The van der Waals surface area contributed by atoms with Crippen molar-refractivity contribution in [2.75, 3.05) is 0 Å². The summed E-state index contributed by atoms with van der Waals surface area (Å²) in [6, 6.07) is 24.3. The number of hydrogen-bond acceptors (Lipinski definition) is 8. The molecule has 0 saturated carbocycles. The third-order valence-corrected chi connectivity index (χ3v) is 7.40. The minimum atomic E-state index is 0.866. The molecule has 0 bridgehead atoms. The Kier molecular flexibility index (Phi) is 13.1. The Labute approximate surface area is 284 Å². The van der Waals surface area contributed by atoms with Crippen LogP contribution in [0.25, 0.3) is 22.3 Å². The summed E-state index contributed by atoms with van der Waals surface area (Å²) in [5, 5.41) is 0. The SMILES string of the molecule is CC(C)=Nc1ccc(-c2ccc(N=C(C)C)c(S)c2)cc1S.CC(C)=Nc1ccc(-c2ccc(S)c(N=C(C)C)c2)cc1S. The minimum absolute atomic E-state index is 0.866. The predicted molar refractivity (Wildman–Crippen MR) is 207 cm³/mol. The van der Waals surface area contributed by atoms with Crippen LogP contribution >= 0.6 is 50.5 Å². The molecule has 0 saturated heterocycles. The second-order valence-corrected chi connectivity index (χ2v) is 13.0. The van der Waals surface area contributed by atoms with Gasteiger partial charge in [0, 0.05) is 42.4 Å². The lowest BCUT2D eigenvalue weighted by molar-refractivity contribution is 1.34. The molecule has 8 heteroatoms. The van der Waals surface area contributed by atoms with Crippen molar-refractivity contribution < 1.29 is 0 Å². The van der Waals surface area contributed by atoms with Crippen LogP contribution in [-0.4, -0.2) is 22.8 Å². The number of benzene rings is 4. The molecule has 0 aliphatic carbocycles. The van der Waals surface area contributed by atoms with Crippen LogP contribution in [0.2, 0.25) is 0 Å². The Morgan fingerprint density at radius 1 is 0.341 bits per heavy atom. The zero-order chi connectivity index (χ0) is 32.6. The van der Waals surface area contributed by atoms with Crippen molar-refractivity contribution in [2.45, 2.75) is 75.0 Å². The lowest BCUT2D eigenvalue weighted by Gasteiger charge is -2.08. The first-order chi connectivity index (χ1) is 20.7. The number of rotatable bonds is 6. The van der Waals surface area contributed by atoms with Crippen LogP contribution < -0.4 is 0 Å². The molecule has 0 N–H and O–H groups in total. The fraction of sp³-hybridized carbons (Fsp3) is 0.222. The molecule has 0 amide bonds. The summed E-state index contributed by atoms with van der Waals surface area (Å²) in [6.45, 7) is 15.8. The smallest absolute Gasteiger partial charge is 0.0768 e. The maximum absolute atomic E-state index is 4.54. The monoisotopic (exact) mass is 656 g/mol. The molecule has 4 rings (SSSR count). The number of aliphatic imine (C=N–C) groups is 4. The maximum atomic E-state index is 4.54. The molecule has 0 aliphatic heterocycles. The van der Waals surface area contributed by atoms with Gasteiger partial charge in [0.15, 0.2) is 0 Å². The standard InChI is InChI=1S/2C18H20N2S2/c1-11(2)19-15-7-5-14(10-18(15)22)13-6-8-17(21)16(9-13)20-12(3)4;1-11(2)19-15-7-5-13(9-17(15)21)14-6-8-16(18(22)10-14)20-12(3)4/h2*5-10,21-22H,1-4H3. The lowest BCUT2D eigenvalue weighted by Crippen LogP contribution is -1.84. The number of hydrogen-bond donors (Lipinski definition) is 4. The highest BCUT2D eigenvalue weighted by Gasteiger charge is 2.07. The van der Waals surface area contributed by atoms with Crippen molar-refractivity contribution in [1.82, 2.24) is 0 Å². The predicted octanol–water partition coefficient (Wildman–Crippen LogP) is 12.3. The van der Waals surface area contributed by atoms with E-state index in [0.29, 0.717) is 0 Å². The Morgan fingerprint density at radius 2 is 0.614 bits per heavy atom. The summed E-state index contributed by atoms with van der Waals surface area (Å²) < 4.78 is 0. The zero-order valence-electron chi connectivity index (χ0n) is 26.5. The van der Waals surface area contributed by atoms with Crippen LogP contribution in [-0.2, 0) is 0 Å². The van der Waals surface area contributed by atoms with Gasteiger partial charge in [-0.1, -0.05) is 24.3 Å². The second-order valence-electron chi connectivity index (χ2n) is 11.1. The molecule has 4 aromatic carbocycles. The first-order valence-electron chi connectivity index (χ1n) is 14.1. The van der Waals surface area contributed by atoms with E-state index >= 15 is 0 Å². The van der Waals surface area contributed by atoms with E-state index in [2.05, 4.69) is 88.7 Å². The molecule has 0 unspecified atom stereocenters. The first kappa shape index (κ1) is 35.4. The van der Waals surface area contributed by atoms with Crippen molar-refractivity contribution in [3.05, 3.63) is 72.8 Å². The maximum Gasteiger partial charge on any atom is 0.0768 e. The third-order valence-electron chi connectivity index (χ3n) is 5.94. The quantitative estimate of drug-likeness (QED) is 0.118. The van der Waals surface area contributed by atoms with Crippen molar-refractivity contribution >= 4 is 96.1 Å². The molecular weight excluding hydrogens is 617 g/mol. The van der Waals surface area contributed by atoms with E-state index in [1.165, 1.54) is 0 Å². The van der Waals surface area contributed by atoms with Crippen LogP contribution in [0.3, 0.4) is 0 Å². The fourth-order valence-corrected chi connectivity index (χ4v) is 5.13. The topological polar surface area (TPSA) is 49.4 Å². The third kappa shape index (κ3) is 10.5. The van der Waals surface area contributed by atoms with Gasteiger partial charge in [0.25, 0.3) is 0 Å². The van der Waals surface area contributed by atoms with Gasteiger partial charge in [0.1, 0.15) is 0 Å². The normalized spacial score (nSPS) is 10.3. The van der Waals surface area contributed by atoms with Gasteiger partial charge in [0.05, 0.1) is 22.7 Å². The van der Waals surface area contributed by atoms with Gasteiger partial charge >= 0.3 is 0 Å². The Morgan fingerprint density at radius 3 is 0.909 bits per heavy atom. The first-order valence-corrected chi connectivity index (χ1v) is 15.9. The average molecular weight is 657 g/mol. The van der Waals surface area contributed by atoms with Gasteiger partial charge in [-0.3, -0.25) is 20.0 Å². The van der Waals surface area contributed by atoms with Gasteiger partial charge in [-0.15, -0.1) is 50.5 Å². The van der Waals surface area contributed by atoms with Crippen LogP contribution in [0.1, 0.15) is 55.4 Å². The zero-order valence-corrected chi connectivity index (χ0v) is 30.1. The molecule has 4 aromatic rings. The summed E-state index contributed by atoms with van der Waals surface area (Å²) in [5.74, 6) is 0. The van der Waals surface area contributed by atoms with Crippen molar-refractivity contribution in [3.63, 3.8) is 0 Å². The van der Waals surface area contributed by atoms with E-state index < -0.39 is 0 Å². The summed E-state index contributed by atoms with van der Waals surface area (Å²) in [4.78, 5) is 21.4. The molecular formula is C36H40N4S4. The summed E-state index contributed by atoms with van der Waals surface area (Å²) in [7, 11) is 0. The molecule has 228 valence electrons. The highest BCUT2D eigenvalue weighted by molar-refractivity contribution is 7.81. The van der Waals surface area contributed by atoms with Crippen molar-refractivity contribution in [3.8, 4) is 22.3 Å². The van der Waals surface area contributed by atoms with Gasteiger partial charge < -0.3 is 0 Å². The molecule has 0 fully saturated rings. The van der Waals surface area contributed by atoms with Crippen LogP contribution in [0.4, 0.5) is 22.7 Å². The molecule has 0 aliphatic rings. The molecule has 0 atom stereocenters. The van der Waals surface area contributed by atoms with Crippen molar-refractivity contribution in [1.29, 1.82) is 0 Å². The van der Waals surface area contributed by atoms with Gasteiger partial charge in [-0.25, -0.2) is 0 Å². The Bertz CT molecular complexity index is 1700. The molecule has 4 nitrogen and oxygen atoms in total. The van der Waals surface area contributed by atoms with E-state index in [1.54, 1.807) is 0 Å². The van der Waals surface area contributed by atoms with Crippen molar-refractivity contribution in [2.24, 2.45) is 20.0 Å². The van der Waals surface area contributed by atoms with E-state index in [0.717, 1.165) is 87.4 Å². The van der Waals surface area contributed by atoms with Gasteiger partial charge in [-0.05, 0) is 126 Å². The Hall–Kier alpha value is -3.04. The summed E-state index contributed by atoms with van der Waals surface area (Å²) in [6.07, 6.45) is 0. The van der Waals surface area contributed by atoms with E-state index in [9.17, 15) is 0 Å². The minimum Gasteiger partial charge on any atom is -0.257 e. The highest BCUT2D eigenvalue weighted by Crippen LogP contribution is 2.35. The van der Waals surface area contributed by atoms with Crippen LogP contribution in [0, 0.1) is 0 Å².